The molecule has 0 amide bonds. The summed E-state index contributed by atoms with van der Waals surface area (Å²) in [5.41, 5.74) is 0.705. The molecule has 0 radical (unpaired) electrons. The van der Waals surface area contributed by atoms with Crippen LogP contribution in [-0.2, 0) is 29.3 Å². The third kappa shape index (κ3) is 5.58. The van der Waals surface area contributed by atoms with Crippen molar-refractivity contribution in [2.75, 3.05) is 11.4 Å². The molecule has 1 fully saturated rings. The van der Waals surface area contributed by atoms with E-state index in [-0.39, 0.29) is 24.0 Å². The lowest BCUT2D eigenvalue weighted by Crippen LogP contribution is -2.43. The second-order valence-corrected chi connectivity index (χ2v) is 12.1. The summed E-state index contributed by atoms with van der Waals surface area (Å²) in [6.45, 7) is 0.311. The topological polar surface area (TPSA) is 69.3 Å². The van der Waals surface area contributed by atoms with E-state index in [9.17, 15) is 21.6 Å². The number of aromatic nitrogens is 2. The fraction of sp³-hybridized carbons (Fsp3) is 0.444. The second kappa shape index (κ2) is 10.7. The minimum atomic E-state index is -4.57. The number of benzene rings is 2. The van der Waals surface area contributed by atoms with Crippen molar-refractivity contribution in [1.29, 1.82) is 0 Å². The lowest BCUT2D eigenvalue weighted by Gasteiger charge is -2.34. The van der Waals surface area contributed by atoms with Gasteiger partial charge in [-0.3, -0.25) is 0 Å². The number of aromatic amines is 1. The molecule has 1 unspecified atom stereocenters. The molecule has 6 nitrogen and oxygen atoms in total. The Morgan fingerprint density at radius 1 is 1.03 bits per heavy atom. The molecule has 1 aliphatic heterocycles. The van der Waals surface area contributed by atoms with E-state index in [0.717, 1.165) is 49.2 Å². The third-order valence-corrected chi connectivity index (χ3v) is 9.48. The molecule has 2 heterocycles. The molecule has 5 rings (SSSR count). The number of sulfonamides is 1. The van der Waals surface area contributed by atoms with Crippen LogP contribution in [0, 0.1) is 11.7 Å². The van der Waals surface area contributed by atoms with Crippen LogP contribution < -0.4 is 4.90 Å². The molecule has 11 heteroatoms. The van der Waals surface area contributed by atoms with Gasteiger partial charge in [-0.1, -0.05) is 37.8 Å². The number of rotatable bonds is 7. The number of nitrogens with one attached hydrogen (secondary N) is 1. The van der Waals surface area contributed by atoms with E-state index < -0.39 is 27.6 Å². The third-order valence-electron chi connectivity index (χ3n) is 7.66. The second-order valence-electron chi connectivity index (χ2n) is 10.2. The zero-order valence-corrected chi connectivity index (χ0v) is 21.6. The highest BCUT2D eigenvalue weighted by atomic mass is 32.2. The van der Waals surface area contributed by atoms with E-state index in [1.807, 2.05) is 4.90 Å². The molecule has 1 saturated carbocycles. The summed E-state index contributed by atoms with van der Waals surface area (Å²) in [7, 11) is -4.16. The number of anilines is 1. The summed E-state index contributed by atoms with van der Waals surface area (Å²) >= 11 is 0. The normalized spacial score (nSPS) is 19.5. The van der Waals surface area contributed by atoms with Gasteiger partial charge >= 0.3 is 6.18 Å². The minimum Gasteiger partial charge on any atom is -0.359 e. The maximum absolute atomic E-state index is 15.4. The van der Waals surface area contributed by atoms with E-state index in [1.54, 1.807) is 24.7 Å². The molecule has 2 aromatic carbocycles. The molecule has 204 valence electrons. The Hall–Kier alpha value is -2.92. The van der Waals surface area contributed by atoms with E-state index in [4.69, 9.17) is 0 Å². The highest BCUT2D eigenvalue weighted by molar-refractivity contribution is 7.89. The lowest BCUT2D eigenvalue weighted by molar-refractivity contribution is -0.137. The molecule has 3 aromatic rings. The molecule has 1 atom stereocenters. The highest BCUT2D eigenvalue weighted by Crippen LogP contribution is 2.37. The van der Waals surface area contributed by atoms with Gasteiger partial charge in [0, 0.05) is 25.3 Å². The first-order valence-electron chi connectivity index (χ1n) is 12.8. The molecule has 0 saturated heterocycles. The Kier molecular flexibility index (Phi) is 7.50. The number of alkyl halides is 3. The summed E-state index contributed by atoms with van der Waals surface area (Å²) in [6.07, 6.45) is 4.81. The molecule has 1 N–H and O–H groups in total. The van der Waals surface area contributed by atoms with Crippen LogP contribution in [0.25, 0.3) is 0 Å². The van der Waals surface area contributed by atoms with Gasteiger partial charge in [-0.25, -0.2) is 17.8 Å². The highest BCUT2D eigenvalue weighted by Gasteiger charge is 2.37. The molecular weight excluding hydrogens is 520 g/mol. The Morgan fingerprint density at radius 2 is 1.76 bits per heavy atom. The summed E-state index contributed by atoms with van der Waals surface area (Å²) < 4.78 is 83.4. The van der Waals surface area contributed by atoms with Crippen LogP contribution in [0.5, 0.6) is 0 Å². The predicted octanol–water partition coefficient (Wildman–Crippen LogP) is 6.12. The van der Waals surface area contributed by atoms with Gasteiger partial charge in [-0.05, 0) is 54.7 Å². The quantitative estimate of drug-likeness (QED) is 0.360. The van der Waals surface area contributed by atoms with Crippen LogP contribution in [0.4, 0.5) is 23.2 Å². The van der Waals surface area contributed by atoms with E-state index in [2.05, 4.69) is 9.97 Å². The maximum Gasteiger partial charge on any atom is 0.416 e. The van der Waals surface area contributed by atoms with Gasteiger partial charge in [0.1, 0.15) is 5.82 Å². The Bertz CT molecular complexity index is 1340. The van der Waals surface area contributed by atoms with E-state index in [0.29, 0.717) is 30.1 Å². The average molecular weight is 551 g/mol. The van der Waals surface area contributed by atoms with Crippen LogP contribution >= 0.6 is 0 Å². The molecular formula is C27H30F4N4O2S. The SMILES string of the molecule is O=S(=O)(c1ccc(C(F)(F)F)cc1)N1Cc2cccc(F)c2N(Cc2cnc[nH]2)C(CCC2CCCC2)C1. The number of H-pyrrole nitrogens is 1. The monoisotopic (exact) mass is 550 g/mol. The van der Waals surface area contributed by atoms with Gasteiger partial charge in [0.2, 0.25) is 10.0 Å². The van der Waals surface area contributed by atoms with Crippen LogP contribution in [-0.4, -0.2) is 35.3 Å². The number of hydrogen-bond donors (Lipinski definition) is 1. The van der Waals surface area contributed by atoms with Crippen molar-refractivity contribution >= 4 is 15.7 Å². The summed E-state index contributed by atoms with van der Waals surface area (Å²) in [6, 6.07) is 7.81. The van der Waals surface area contributed by atoms with Crippen molar-refractivity contribution in [3.8, 4) is 0 Å². The fourth-order valence-corrected chi connectivity index (χ4v) is 7.12. The van der Waals surface area contributed by atoms with Crippen molar-refractivity contribution in [2.45, 2.75) is 68.7 Å². The lowest BCUT2D eigenvalue weighted by atomic mass is 9.97. The number of fused-ring (bicyclic) bond motifs is 1. The Morgan fingerprint density at radius 3 is 2.42 bits per heavy atom. The minimum absolute atomic E-state index is 0.0817. The van der Waals surface area contributed by atoms with Crippen molar-refractivity contribution in [2.24, 2.45) is 5.92 Å². The van der Waals surface area contributed by atoms with Crippen LogP contribution in [0.15, 0.2) is 59.9 Å². The van der Waals surface area contributed by atoms with Crippen LogP contribution in [0.2, 0.25) is 0 Å². The summed E-state index contributed by atoms with van der Waals surface area (Å²) in [5, 5.41) is 0. The standard InChI is InChI=1S/C27H30F4N4O2S/c28-25-7-3-6-20-15-34(38(36,37)24-12-9-21(10-13-24)27(29,30)31)17-23(11-8-19-4-1-2-5-19)35(26(20)25)16-22-14-32-18-33-22/h3,6-7,9-10,12-14,18-19,23H,1-2,4-5,8,11,15-17H2,(H,32,33). The van der Waals surface area contributed by atoms with E-state index in [1.165, 1.54) is 23.2 Å². The fourth-order valence-electron chi connectivity index (χ4n) is 5.67. The number of para-hydroxylation sites is 1. The molecule has 1 aliphatic carbocycles. The number of nitrogens with zero attached hydrogens (tertiary/aromatic N) is 3. The predicted molar refractivity (Wildman–Crippen MR) is 135 cm³/mol. The van der Waals surface area contributed by atoms with E-state index >= 15 is 4.39 Å². The Labute approximate surface area is 219 Å². The van der Waals surface area contributed by atoms with Gasteiger partial charge in [0.05, 0.1) is 34.7 Å². The number of imidazole rings is 1. The molecule has 0 spiro atoms. The van der Waals surface area contributed by atoms with Gasteiger partial charge in [0.25, 0.3) is 0 Å². The van der Waals surface area contributed by atoms with Gasteiger partial charge in [-0.15, -0.1) is 0 Å². The van der Waals surface area contributed by atoms with Crippen molar-refractivity contribution < 1.29 is 26.0 Å². The molecule has 0 bridgehead atoms. The zero-order chi connectivity index (χ0) is 26.9. The number of hydrogen-bond acceptors (Lipinski definition) is 4. The van der Waals surface area contributed by atoms with Crippen LogP contribution in [0.3, 0.4) is 0 Å². The van der Waals surface area contributed by atoms with Gasteiger partial charge in [0.15, 0.2) is 0 Å². The maximum atomic E-state index is 15.4. The summed E-state index contributed by atoms with van der Waals surface area (Å²) in [5.74, 6) is 0.106. The Balaban J connectivity index is 1.52. The summed E-state index contributed by atoms with van der Waals surface area (Å²) in [4.78, 5) is 8.84. The molecule has 1 aromatic heterocycles. The zero-order valence-electron chi connectivity index (χ0n) is 20.8. The van der Waals surface area contributed by atoms with Crippen molar-refractivity contribution in [3.05, 3.63) is 77.6 Å². The van der Waals surface area contributed by atoms with Gasteiger partial charge < -0.3 is 9.88 Å². The molecule has 2 aliphatic rings. The average Bonchev–Trinajstić information content (AvgIpc) is 3.56. The van der Waals surface area contributed by atoms with Crippen molar-refractivity contribution in [1.82, 2.24) is 14.3 Å². The number of halogens is 4. The smallest absolute Gasteiger partial charge is 0.359 e. The van der Waals surface area contributed by atoms with Gasteiger partial charge in [-0.2, -0.15) is 17.5 Å². The first-order chi connectivity index (χ1) is 18.1. The first kappa shape index (κ1) is 26.7. The van der Waals surface area contributed by atoms with Crippen LogP contribution in [0.1, 0.15) is 55.3 Å². The van der Waals surface area contributed by atoms with Crippen molar-refractivity contribution in [3.63, 3.8) is 0 Å². The largest absolute Gasteiger partial charge is 0.416 e. The molecule has 38 heavy (non-hydrogen) atoms. The first-order valence-corrected chi connectivity index (χ1v) is 14.3.